The molecule has 0 bridgehead atoms. The van der Waals surface area contributed by atoms with Crippen molar-refractivity contribution in [2.75, 3.05) is 25.6 Å². The molecule has 0 aliphatic rings. The molecule has 0 saturated heterocycles. The number of hydrogen-bond acceptors (Lipinski definition) is 6. The van der Waals surface area contributed by atoms with Crippen LogP contribution in [0.1, 0.15) is 10.5 Å². The molecule has 2 aromatic heterocycles. The van der Waals surface area contributed by atoms with Crippen molar-refractivity contribution < 1.29 is 9.53 Å². The molecule has 2 aromatic rings. The average molecular weight is 308 g/mol. The molecule has 2 rings (SSSR count). The van der Waals surface area contributed by atoms with Crippen molar-refractivity contribution in [1.82, 2.24) is 15.0 Å². The predicted octanol–water partition coefficient (Wildman–Crippen LogP) is 1.35. The molecule has 2 heterocycles. The van der Waals surface area contributed by atoms with Gasteiger partial charge in [-0.2, -0.15) is 0 Å². The van der Waals surface area contributed by atoms with E-state index in [1.165, 1.54) is 12.3 Å². The molecular formula is C13H14ClN5O2. The number of amides is 1. The highest BCUT2D eigenvalue weighted by atomic mass is 35.5. The normalized spacial score (nSPS) is 10.4. The second-order valence-electron chi connectivity index (χ2n) is 4.12. The van der Waals surface area contributed by atoms with Crippen molar-refractivity contribution >= 4 is 23.3 Å². The number of hydrogen-bond donors (Lipinski definition) is 2. The van der Waals surface area contributed by atoms with E-state index in [1.807, 2.05) is 0 Å². The Bertz CT molecular complexity index is 650. The van der Waals surface area contributed by atoms with Gasteiger partial charge >= 0.3 is 0 Å². The summed E-state index contributed by atoms with van der Waals surface area (Å²) >= 11 is 6.09. The first-order chi connectivity index (χ1) is 10.1. The minimum absolute atomic E-state index is 0.119. The van der Waals surface area contributed by atoms with E-state index in [2.05, 4.69) is 20.3 Å². The van der Waals surface area contributed by atoms with E-state index in [9.17, 15) is 4.79 Å². The SMILES string of the molecule is COCCNc1cncc(-c2cc(C(N)=O)ncc2Cl)n1. The molecule has 0 atom stereocenters. The fourth-order valence-electron chi connectivity index (χ4n) is 1.63. The molecule has 0 aromatic carbocycles. The standard InChI is InChI=1S/C13H14ClN5O2/c1-21-3-2-17-12-7-16-6-11(19-12)8-4-10(13(15)20)18-5-9(8)14/h4-7H,2-3H2,1H3,(H2,15,20)(H,17,19). The molecule has 7 nitrogen and oxygen atoms in total. The van der Waals surface area contributed by atoms with E-state index < -0.39 is 5.91 Å². The van der Waals surface area contributed by atoms with Gasteiger partial charge < -0.3 is 15.8 Å². The van der Waals surface area contributed by atoms with E-state index in [-0.39, 0.29) is 5.69 Å². The van der Waals surface area contributed by atoms with Crippen LogP contribution in [-0.2, 0) is 4.74 Å². The van der Waals surface area contributed by atoms with E-state index in [1.54, 1.807) is 19.5 Å². The highest BCUT2D eigenvalue weighted by Crippen LogP contribution is 2.26. The minimum atomic E-state index is -0.629. The van der Waals surface area contributed by atoms with Crippen LogP contribution in [0.25, 0.3) is 11.3 Å². The zero-order valence-electron chi connectivity index (χ0n) is 11.3. The van der Waals surface area contributed by atoms with Gasteiger partial charge in [-0.05, 0) is 6.07 Å². The lowest BCUT2D eigenvalue weighted by atomic mass is 10.1. The minimum Gasteiger partial charge on any atom is -0.383 e. The third-order valence-electron chi connectivity index (χ3n) is 2.63. The number of carbonyl (C=O) groups excluding carboxylic acids is 1. The maximum absolute atomic E-state index is 11.2. The van der Waals surface area contributed by atoms with Crippen molar-refractivity contribution in [2.24, 2.45) is 5.73 Å². The Kier molecular flexibility index (Phi) is 5.02. The maximum Gasteiger partial charge on any atom is 0.267 e. The number of methoxy groups -OCH3 is 1. The second kappa shape index (κ2) is 6.96. The Hall–Kier alpha value is -2.25. The first-order valence-corrected chi connectivity index (χ1v) is 6.50. The largest absolute Gasteiger partial charge is 0.383 e. The number of rotatable bonds is 6. The van der Waals surface area contributed by atoms with Gasteiger partial charge in [0.1, 0.15) is 11.5 Å². The first kappa shape index (κ1) is 15.1. The van der Waals surface area contributed by atoms with E-state index in [4.69, 9.17) is 22.1 Å². The fourth-order valence-corrected chi connectivity index (χ4v) is 1.83. The van der Waals surface area contributed by atoms with Crippen LogP contribution in [0, 0.1) is 0 Å². The lowest BCUT2D eigenvalue weighted by Crippen LogP contribution is -2.13. The number of nitrogens with zero attached hydrogens (tertiary/aromatic N) is 3. The Morgan fingerprint density at radius 3 is 2.95 bits per heavy atom. The predicted molar refractivity (Wildman–Crippen MR) is 79.2 cm³/mol. The van der Waals surface area contributed by atoms with Gasteiger partial charge in [-0.25, -0.2) is 9.97 Å². The summed E-state index contributed by atoms with van der Waals surface area (Å²) in [4.78, 5) is 23.5. The van der Waals surface area contributed by atoms with Crippen LogP contribution in [0.2, 0.25) is 5.02 Å². The van der Waals surface area contributed by atoms with Crippen LogP contribution in [0.5, 0.6) is 0 Å². The van der Waals surface area contributed by atoms with Crippen LogP contribution in [0.15, 0.2) is 24.7 Å². The summed E-state index contributed by atoms with van der Waals surface area (Å²) in [6.07, 6.45) is 4.50. The maximum atomic E-state index is 11.2. The molecular weight excluding hydrogens is 294 g/mol. The number of ether oxygens (including phenoxy) is 1. The van der Waals surface area contributed by atoms with Crippen molar-refractivity contribution in [2.45, 2.75) is 0 Å². The third kappa shape index (κ3) is 3.87. The lowest BCUT2D eigenvalue weighted by Gasteiger charge is -2.08. The third-order valence-corrected chi connectivity index (χ3v) is 2.93. The van der Waals surface area contributed by atoms with Crippen molar-refractivity contribution in [3.05, 3.63) is 35.4 Å². The van der Waals surface area contributed by atoms with Crippen molar-refractivity contribution in [3.63, 3.8) is 0 Å². The molecule has 0 saturated carbocycles. The molecule has 0 fully saturated rings. The summed E-state index contributed by atoms with van der Waals surface area (Å²) in [5, 5.41) is 3.43. The lowest BCUT2D eigenvalue weighted by molar-refractivity contribution is 0.0995. The van der Waals surface area contributed by atoms with Gasteiger partial charge in [0, 0.05) is 25.4 Å². The number of primary amides is 1. The van der Waals surface area contributed by atoms with Gasteiger partial charge in [0.2, 0.25) is 0 Å². The Labute approximate surface area is 126 Å². The molecule has 8 heteroatoms. The molecule has 0 spiro atoms. The molecule has 0 radical (unpaired) electrons. The van der Waals surface area contributed by atoms with Gasteiger partial charge in [-0.15, -0.1) is 0 Å². The molecule has 21 heavy (non-hydrogen) atoms. The van der Waals surface area contributed by atoms with Crippen LogP contribution in [0.4, 0.5) is 5.82 Å². The monoisotopic (exact) mass is 307 g/mol. The zero-order chi connectivity index (χ0) is 15.2. The van der Waals surface area contributed by atoms with Gasteiger partial charge in [0.15, 0.2) is 0 Å². The summed E-state index contributed by atoms with van der Waals surface area (Å²) in [7, 11) is 1.62. The van der Waals surface area contributed by atoms with Crippen molar-refractivity contribution in [1.29, 1.82) is 0 Å². The van der Waals surface area contributed by atoms with Crippen LogP contribution >= 0.6 is 11.6 Å². The Morgan fingerprint density at radius 2 is 2.24 bits per heavy atom. The number of aromatic nitrogens is 3. The Morgan fingerprint density at radius 1 is 1.43 bits per heavy atom. The van der Waals surface area contributed by atoms with Crippen LogP contribution < -0.4 is 11.1 Å². The summed E-state index contributed by atoms with van der Waals surface area (Å²) in [6, 6.07) is 1.49. The zero-order valence-corrected chi connectivity index (χ0v) is 12.1. The number of anilines is 1. The van der Waals surface area contributed by atoms with E-state index in [0.717, 1.165) is 0 Å². The highest BCUT2D eigenvalue weighted by Gasteiger charge is 2.11. The molecule has 0 aliphatic heterocycles. The molecule has 3 N–H and O–H groups in total. The molecule has 0 unspecified atom stereocenters. The van der Waals surface area contributed by atoms with Gasteiger partial charge in [-0.3, -0.25) is 9.78 Å². The van der Waals surface area contributed by atoms with Gasteiger partial charge in [0.25, 0.3) is 5.91 Å². The van der Waals surface area contributed by atoms with E-state index in [0.29, 0.717) is 35.2 Å². The second-order valence-corrected chi connectivity index (χ2v) is 4.53. The topological polar surface area (TPSA) is 103 Å². The number of pyridine rings is 1. The number of nitrogens with two attached hydrogens (primary N) is 1. The number of halogens is 1. The first-order valence-electron chi connectivity index (χ1n) is 6.12. The van der Waals surface area contributed by atoms with E-state index >= 15 is 0 Å². The molecule has 1 amide bonds. The Balaban J connectivity index is 2.31. The summed E-state index contributed by atoms with van der Waals surface area (Å²) < 4.78 is 4.95. The quantitative estimate of drug-likeness (QED) is 0.781. The summed E-state index contributed by atoms with van der Waals surface area (Å²) in [5.41, 5.74) is 6.40. The van der Waals surface area contributed by atoms with Crippen LogP contribution in [-0.4, -0.2) is 41.1 Å². The smallest absolute Gasteiger partial charge is 0.267 e. The van der Waals surface area contributed by atoms with Crippen molar-refractivity contribution in [3.8, 4) is 11.3 Å². The average Bonchev–Trinajstić information content (AvgIpc) is 2.48. The fraction of sp³-hybridized carbons (Fsp3) is 0.231. The molecule has 110 valence electrons. The van der Waals surface area contributed by atoms with Crippen LogP contribution in [0.3, 0.4) is 0 Å². The summed E-state index contributed by atoms with van der Waals surface area (Å²) in [5.74, 6) is -0.0479. The number of carbonyl (C=O) groups is 1. The van der Waals surface area contributed by atoms with Gasteiger partial charge in [0.05, 0.1) is 29.7 Å². The molecule has 0 aliphatic carbocycles. The number of nitrogens with one attached hydrogen (secondary N) is 1. The van der Waals surface area contributed by atoms with Gasteiger partial charge in [-0.1, -0.05) is 11.6 Å². The summed E-state index contributed by atoms with van der Waals surface area (Å²) in [6.45, 7) is 1.15. The highest BCUT2D eigenvalue weighted by molar-refractivity contribution is 6.33.